The lowest BCUT2D eigenvalue weighted by Gasteiger charge is -2.36. The molecule has 2 unspecified atom stereocenters. The second-order valence-corrected chi connectivity index (χ2v) is 8.60. The molecule has 2 fully saturated rings. The molecule has 0 aromatic heterocycles. The highest BCUT2D eigenvalue weighted by Gasteiger charge is 2.47. The Bertz CT molecular complexity index is 924. The minimum atomic E-state index is -0.845. The number of aliphatic imine (C=N–C) groups is 1. The molecule has 4 aliphatic rings. The van der Waals surface area contributed by atoms with Gasteiger partial charge in [0, 0.05) is 25.0 Å². The van der Waals surface area contributed by atoms with Crippen molar-refractivity contribution in [2.45, 2.75) is 57.7 Å². The van der Waals surface area contributed by atoms with Gasteiger partial charge >= 0.3 is 6.03 Å². The fourth-order valence-corrected chi connectivity index (χ4v) is 5.08. The lowest BCUT2D eigenvalue weighted by atomic mass is 10.1. The zero-order valence-electron chi connectivity index (χ0n) is 17.1. The highest BCUT2D eigenvalue weighted by atomic mass is 19.2. The maximum atomic E-state index is 14.2. The smallest absolute Gasteiger partial charge is 0.327 e. The summed E-state index contributed by atoms with van der Waals surface area (Å²) in [6.07, 6.45) is 5.51. The van der Waals surface area contributed by atoms with Gasteiger partial charge in [-0.1, -0.05) is 31.9 Å². The Morgan fingerprint density at radius 3 is 2.80 bits per heavy atom. The Labute approximate surface area is 175 Å². The molecule has 1 saturated carbocycles. The van der Waals surface area contributed by atoms with E-state index in [9.17, 15) is 13.6 Å². The molecule has 2 amide bonds. The van der Waals surface area contributed by atoms with E-state index in [0.29, 0.717) is 31.0 Å². The summed E-state index contributed by atoms with van der Waals surface area (Å²) in [5.41, 5.74) is 1.22. The Morgan fingerprint density at radius 1 is 1.23 bits per heavy atom. The van der Waals surface area contributed by atoms with Gasteiger partial charge in [0.2, 0.25) is 0 Å². The Balaban J connectivity index is 1.43. The number of hydrogen-bond acceptors (Lipinski definition) is 4. The minimum absolute atomic E-state index is 0.0754. The van der Waals surface area contributed by atoms with Crippen LogP contribution in [0, 0.1) is 17.6 Å². The van der Waals surface area contributed by atoms with E-state index < -0.39 is 11.6 Å². The Morgan fingerprint density at radius 2 is 2.03 bits per heavy atom. The molecular weight excluding hydrogens is 388 g/mol. The molecule has 30 heavy (non-hydrogen) atoms. The third kappa shape index (κ3) is 3.13. The fraction of sp³-hybridized carbons (Fsp3) is 0.545. The molecule has 3 heterocycles. The van der Waals surface area contributed by atoms with Gasteiger partial charge in [0.1, 0.15) is 17.4 Å². The SMILES string of the molecule is CCCN1C(=O)N2CC(Cc3cccc(F)c3F)NC2=C2NC(C3CCCC3)=NC21. The summed E-state index contributed by atoms with van der Waals surface area (Å²) >= 11 is 0. The molecule has 160 valence electrons. The van der Waals surface area contributed by atoms with Crippen LogP contribution in [0.15, 0.2) is 34.7 Å². The number of benzene rings is 1. The Kier molecular flexibility index (Phi) is 4.87. The van der Waals surface area contributed by atoms with Crippen molar-refractivity contribution in [2.24, 2.45) is 10.9 Å². The van der Waals surface area contributed by atoms with Crippen LogP contribution in [0.4, 0.5) is 13.6 Å². The third-order valence-corrected chi connectivity index (χ3v) is 6.53. The maximum absolute atomic E-state index is 14.2. The van der Waals surface area contributed by atoms with Crippen LogP contribution in [0.1, 0.15) is 44.6 Å². The summed E-state index contributed by atoms with van der Waals surface area (Å²) in [4.78, 5) is 21.7. The number of fused-ring (bicyclic) bond motifs is 2. The molecule has 2 atom stereocenters. The first-order valence-corrected chi connectivity index (χ1v) is 10.9. The second kappa shape index (κ2) is 7.56. The van der Waals surface area contributed by atoms with Gasteiger partial charge in [0.05, 0.1) is 0 Å². The highest BCUT2D eigenvalue weighted by Crippen LogP contribution is 2.35. The summed E-state index contributed by atoms with van der Waals surface area (Å²) in [6, 6.07) is 3.97. The van der Waals surface area contributed by atoms with Crippen molar-refractivity contribution < 1.29 is 13.6 Å². The van der Waals surface area contributed by atoms with Gasteiger partial charge in [-0.05, 0) is 37.3 Å². The van der Waals surface area contributed by atoms with Crippen LogP contribution in [-0.2, 0) is 6.42 Å². The van der Waals surface area contributed by atoms with Crippen molar-refractivity contribution in [3.05, 3.63) is 46.9 Å². The summed E-state index contributed by atoms with van der Waals surface area (Å²) in [6.45, 7) is 3.10. The monoisotopic (exact) mass is 415 g/mol. The van der Waals surface area contributed by atoms with Crippen molar-refractivity contribution >= 4 is 11.9 Å². The van der Waals surface area contributed by atoms with Gasteiger partial charge in [-0.3, -0.25) is 9.80 Å². The van der Waals surface area contributed by atoms with Crippen LogP contribution in [0.3, 0.4) is 0 Å². The van der Waals surface area contributed by atoms with Crippen molar-refractivity contribution in [1.29, 1.82) is 0 Å². The summed E-state index contributed by atoms with van der Waals surface area (Å²) in [5, 5.41) is 6.91. The molecule has 5 rings (SSSR count). The quantitative estimate of drug-likeness (QED) is 0.776. The fourth-order valence-electron chi connectivity index (χ4n) is 5.08. The molecule has 1 saturated heterocycles. The zero-order valence-corrected chi connectivity index (χ0v) is 17.1. The molecule has 1 aromatic rings. The largest absolute Gasteiger partial charge is 0.365 e. The summed E-state index contributed by atoms with van der Waals surface area (Å²) in [5.74, 6) is 0.481. The number of amides is 2. The molecule has 1 aromatic carbocycles. The van der Waals surface area contributed by atoms with Gasteiger partial charge < -0.3 is 10.6 Å². The lowest BCUT2D eigenvalue weighted by molar-refractivity contribution is 0.146. The number of hydrogen-bond donors (Lipinski definition) is 2. The first-order chi connectivity index (χ1) is 14.6. The minimum Gasteiger partial charge on any atom is -0.365 e. The predicted octanol–water partition coefficient (Wildman–Crippen LogP) is 3.31. The van der Waals surface area contributed by atoms with Crippen molar-refractivity contribution in [1.82, 2.24) is 20.4 Å². The summed E-state index contributed by atoms with van der Waals surface area (Å²) in [7, 11) is 0. The highest BCUT2D eigenvalue weighted by molar-refractivity contribution is 5.91. The first kappa shape index (κ1) is 19.3. The van der Waals surface area contributed by atoms with Crippen molar-refractivity contribution in [3.63, 3.8) is 0 Å². The molecule has 0 radical (unpaired) electrons. The number of carbonyl (C=O) groups excluding carboxylic acids is 1. The molecule has 6 nitrogen and oxygen atoms in total. The topological polar surface area (TPSA) is 60.0 Å². The van der Waals surface area contributed by atoms with E-state index in [-0.39, 0.29) is 18.2 Å². The number of nitrogens with one attached hydrogen (secondary N) is 2. The normalized spacial score (nSPS) is 26.0. The van der Waals surface area contributed by atoms with Gasteiger partial charge in [-0.15, -0.1) is 0 Å². The van der Waals surface area contributed by atoms with E-state index in [1.54, 1.807) is 11.0 Å². The molecule has 3 aliphatic heterocycles. The van der Waals surface area contributed by atoms with E-state index in [0.717, 1.165) is 42.7 Å². The predicted molar refractivity (Wildman–Crippen MR) is 109 cm³/mol. The number of amidine groups is 1. The molecule has 1 aliphatic carbocycles. The number of urea groups is 1. The van der Waals surface area contributed by atoms with Crippen molar-refractivity contribution in [3.8, 4) is 0 Å². The Hall–Kier alpha value is -2.64. The van der Waals surface area contributed by atoms with Crippen LogP contribution >= 0.6 is 0 Å². The molecule has 2 N–H and O–H groups in total. The molecular formula is C22H27F2N5O. The molecule has 8 heteroatoms. The number of rotatable bonds is 5. The number of nitrogens with zero attached hydrogens (tertiary/aromatic N) is 3. The van der Waals surface area contributed by atoms with Crippen LogP contribution < -0.4 is 10.6 Å². The van der Waals surface area contributed by atoms with E-state index in [1.807, 2.05) is 11.8 Å². The van der Waals surface area contributed by atoms with Gasteiger partial charge in [0.15, 0.2) is 17.8 Å². The molecule has 0 bridgehead atoms. The maximum Gasteiger partial charge on any atom is 0.327 e. The summed E-state index contributed by atoms with van der Waals surface area (Å²) < 4.78 is 27.8. The van der Waals surface area contributed by atoms with E-state index in [1.165, 1.54) is 18.9 Å². The van der Waals surface area contributed by atoms with Gasteiger partial charge in [-0.2, -0.15) is 0 Å². The average Bonchev–Trinajstić information content (AvgIpc) is 3.47. The zero-order chi connectivity index (χ0) is 20.8. The average molecular weight is 415 g/mol. The van der Waals surface area contributed by atoms with Crippen molar-refractivity contribution in [2.75, 3.05) is 13.1 Å². The van der Waals surface area contributed by atoms with Crippen LogP contribution in [0.25, 0.3) is 0 Å². The number of carbonyl (C=O) groups is 1. The molecule has 0 spiro atoms. The lowest BCUT2D eigenvalue weighted by Crippen LogP contribution is -2.53. The second-order valence-electron chi connectivity index (χ2n) is 8.60. The van der Waals surface area contributed by atoms with Crippen LogP contribution in [-0.4, -0.2) is 47.0 Å². The third-order valence-electron chi connectivity index (χ3n) is 6.53. The van der Waals surface area contributed by atoms with Crippen LogP contribution in [0.5, 0.6) is 0 Å². The van der Waals surface area contributed by atoms with Gasteiger partial charge in [-0.25, -0.2) is 18.6 Å². The number of halogens is 2. The first-order valence-electron chi connectivity index (χ1n) is 10.9. The van der Waals surface area contributed by atoms with E-state index in [4.69, 9.17) is 4.99 Å². The van der Waals surface area contributed by atoms with E-state index >= 15 is 0 Å². The van der Waals surface area contributed by atoms with Gasteiger partial charge in [0.25, 0.3) is 0 Å². The van der Waals surface area contributed by atoms with Crippen LogP contribution in [0.2, 0.25) is 0 Å². The van der Waals surface area contributed by atoms with E-state index in [2.05, 4.69) is 10.6 Å². The standard InChI is InChI=1S/C22H27F2N5O/c1-2-10-28-21-18(26-19(27-21)13-6-3-4-7-13)20-25-15(12-29(20)22(28)30)11-14-8-5-9-16(23)17(14)24/h5,8-9,13,15,21,25H,2-4,6-7,10-12H2,1H3,(H,26,27).